The lowest BCUT2D eigenvalue weighted by Crippen LogP contribution is -2.27. The molecule has 2 aromatic heterocycles. The van der Waals surface area contributed by atoms with E-state index in [1.165, 1.54) is 12.8 Å². The Bertz CT molecular complexity index is 1060. The van der Waals surface area contributed by atoms with Crippen molar-refractivity contribution in [3.05, 3.63) is 36.0 Å². The number of carbonyl (C=O) groups excluding carboxylic acids is 1. The van der Waals surface area contributed by atoms with Crippen LogP contribution >= 0.6 is 11.8 Å². The van der Waals surface area contributed by atoms with Crippen LogP contribution < -0.4 is 15.0 Å². The number of carbonyl (C=O) groups is 1. The van der Waals surface area contributed by atoms with Gasteiger partial charge in [0.2, 0.25) is 0 Å². The van der Waals surface area contributed by atoms with Gasteiger partial charge in [0.25, 0.3) is 5.91 Å². The Hall–Kier alpha value is -2.81. The second-order valence-corrected chi connectivity index (χ2v) is 9.33. The Morgan fingerprint density at radius 2 is 2.06 bits per heavy atom. The molecule has 1 aliphatic rings. The second-order valence-electron chi connectivity index (χ2n) is 7.78. The van der Waals surface area contributed by atoms with E-state index in [-0.39, 0.29) is 5.91 Å². The largest absolute Gasteiger partial charge is 0.497 e. The Morgan fingerprint density at radius 1 is 1.26 bits per heavy atom. The average Bonchev–Trinajstić information content (AvgIpc) is 3.43. The summed E-state index contributed by atoms with van der Waals surface area (Å²) in [6.07, 6.45) is 4.21. The number of nitrogens with zero attached hydrogens (tertiary/aromatic N) is 5. The van der Waals surface area contributed by atoms with Crippen LogP contribution in [0.15, 0.2) is 35.6 Å². The van der Waals surface area contributed by atoms with Crippen molar-refractivity contribution < 1.29 is 9.53 Å². The van der Waals surface area contributed by atoms with Crippen molar-refractivity contribution in [1.29, 1.82) is 0 Å². The van der Waals surface area contributed by atoms with E-state index in [0.717, 1.165) is 35.1 Å². The fourth-order valence-electron chi connectivity index (χ4n) is 3.66. The number of anilines is 1. The maximum absolute atomic E-state index is 12.5. The Kier molecular flexibility index (Phi) is 6.60. The van der Waals surface area contributed by atoms with Gasteiger partial charge in [-0.3, -0.25) is 4.79 Å². The molecule has 0 aliphatic carbocycles. The van der Waals surface area contributed by atoms with E-state index in [9.17, 15) is 4.79 Å². The van der Waals surface area contributed by atoms with Gasteiger partial charge in [0.1, 0.15) is 11.6 Å². The molecule has 0 atom stereocenters. The van der Waals surface area contributed by atoms with Crippen molar-refractivity contribution in [2.75, 3.05) is 31.6 Å². The third-order valence-electron chi connectivity index (χ3n) is 5.14. The van der Waals surface area contributed by atoms with E-state index < -0.39 is 0 Å². The Balaban J connectivity index is 1.52. The lowest BCUT2D eigenvalue weighted by atomic mass is 10.2. The molecule has 4 rings (SSSR count). The van der Waals surface area contributed by atoms with Crippen molar-refractivity contribution in [2.24, 2.45) is 0 Å². The first-order valence-electron chi connectivity index (χ1n) is 10.6. The van der Waals surface area contributed by atoms with Crippen molar-refractivity contribution in [3.63, 3.8) is 0 Å². The summed E-state index contributed by atoms with van der Waals surface area (Å²) in [6, 6.07) is 7.12. The Labute approximate surface area is 186 Å². The minimum absolute atomic E-state index is 0.140. The number of ether oxygens (including phenoxy) is 1. The molecule has 1 fully saturated rings. The first-order valence-corrected chi connectivity index (χ1v) is 11.5. The minimum Gasteiger partial charge on any atom is -0.497 e. The van der Waals surface area contributed by atoms with Crippen LogP contribution in [0.25, 0.3) is 11.0 Å². The molecular formula is C22H28N6O2S. The summed E-state index contributed by atoms with van der Waals surface area (Å²) in [5.74, 6) is 1.49. The highest BCUT2D eigenvalue weighted by atomic mass is 32.2. The highest BCUT2D eigenvalue weighted by Gasteiger charge is 2.21. The maximum Gasteiger partial charge on any atom is 0.251 e. The van der Waals surface area contributed by atoms with Crippen LogP contribution in [0.5, 0.6) is 5.75 Å². The number of rotatable bonds is 8. The predicted octanol–water partition coefficient (Wildman–Crippen LogP) is 3.37. The zero-order valence-corrected chi connectivity index (χ0v) is 19.0. The smallest absolute Gasteiger partial charge is 0.251 e. The SMILES string of the molecule is COc1cccc(C(=O)NCCn2ncc3c(N4CCCC4)nc(SC(C)C)nc32)c1. The standard InChI is InChI=1S/C22H28N6O2S/c1-15(2)31-22-25-19(27-10-4-5-11-27)18-14-24-28(20(18)26-22)12-9-23-21(29)16-7-6-8-17(13-16)30-3/h6-8,13-15H,4-5,9-12H2,1-3H3,(H,23,29). The summed E-state index contributed by atoms with van der Waals surface area (Å²) < 4.78 is 7.05. The van der Waals surface area contributed by atoms with Crippen molar-refractivity contribution in [2.45, 2.75) is 43.6 Å². The summed E-state index contributed by atoms with van der Waals surface area (Å²) in [5.41, 5.74) is 1.38. The van der Waals surface area contributed by atoms with Crippen LogP contribution in [0.2, 0.25) is 0 Å². The summed E-state index contributed by atoms with van der Waals surface area (Å²) in [7, 11) is 1.59. The van der Waals surface area contributed by atoms with E-state index in [0.29, 0.717) is 29.7 Å². The van der Waals surface area contributed by atoms with E-state index in [1.54, 1.807) is 37.1 Å². The topological polar surface area (TPSA) is 85.2 Å². The molecule has 1 saturated heterocycles. The van der Waals surface area contributed by atoms with Gasteiger partial charge in [-0.15, -0.1) is 0 Å². The molecule has 0 spiro atoms. The number of hydrogen-bond acceptors (Lipinski definition) is 7. The van der Waals surface area contributed by atoms with Gasteiger partial charge in [0.05, 0.1) is 25.2 Å². The van der Waals surface area contributed by atoms with Gasteiger partial charge in [-0.05, 0) is 31.0 Å². The molecular weight excluding hydrogens is 412 g/mol. The van der Waals surface area contributed by atoms with E-state index in [4.69, 9.17) is 14.7 Å². The zero-order valence-electron chi connectivity index (χ0n) is 18.2. The van der Waals surface area contributed by atoms with Gasteiger partial charge in [0, 0.05) is 30.4 Å². The van der Waals surface area contributed by atoms with Crippen molar-refractivity contribution in [3.8, 4) is 5.75 Å². The fourth-order valence-corrected chi connectivity index (χ4v) is 4.36. The molecule has 0 saturated carbocycles. The third kappa shape index (κ3) is 4.92. The van der Waals surface area contributed by atoms with E-state index in [2.05, 4.69) is 29.2 Å². The minimum atomic E-state index is -0.140. The number of methoxy groups -OCH3 is 1. The van der Waals surface area contributed by atoms with Crippen LogP contribution in [-0.4, -0.2) is 57.6 Å². The number of nitrogens with one attached hydrogen (secondary N) is 1. The highest BCUT2D eigenvalue weighted by molar-refractivity contribution is 7.99. The molecule has 3 heterocycles. The number of hydrogen-bond donors (Lipinski definition) is 1. The summed E-state index contributed by atoms with van der Waals surface area (Å²) >= 11 is 1.66. The van der Waals surface area contributed by atoms with Gasteiger partial charge in [0.15, 0.2) is 10.8 Å². The molecule has 1 aliphatic heterocycles. The van der Waals surface area contributed by atoms with Crippen molar-refractivity contribution >= 4 is 34.5 Å². The molecule has 8 nitrogen and oxygen atoms in total. The molecule has 1 aromatic carbocycles. The Morgan fingerprint density at radius 3 is 2.81 bits per heavy atom. The molecule has 31 heavy (non-hydrogen) atoms. The van der Waals surface area contributed by atoms with Gasteiger partial charge < -0.3 is 15.0 Å². The van der Waals surface area contributed by atoms with Crippen LogP contribution in [0.3, 0.4) is 0 Å². The second kappa shape index (κ2) is 9.55. The van der Waals surface area contributed by atoms with Gasteiger partial charge in [-0.1, -0.05) is 31.7 Å². The van der Waals surface area contributed by atoms with E-state index >= 15 is 0 Å². The number of benzene rings is 1. The first-order chi connectivity index (χ1) is 15.0. The monoisotopic (exact) mass is 440 g/mol. The van der Waals surface area contributed by atoms with Crippen LogP contribution in [0, 0.1) is 0 Å². The van der Waals surface area contributed by atoms with Crippen LogP contribution in [0.1, 0.15) is 37.0 Å². The summed E-state index contributed by atoms with van der Waals surface area (Å²) in [6.45, 7) is 7.28. The molecule has 9 heteroatoms. The zero-order chi connectivity index (χ0) is 21.8. The number of fused-ring (bicyclic) bond motifs is 1. The third-order valence-corrected chi connectivity index (χ3v) is 6.01. The lowest BCUT2D eigenvalue weighted by molar-refractivity contribution is 0.0951. The molecule has 0 radical (unpaired) electrons. The first kappa shape index (κ1) is 21.4. The molecule has 3 aromatic rings. The van der Waals surface area contributed by atoms with Crippen molar-refractivity contribution in [1.82, 2.24) is 25.1 Å². The van der Waals surface area contributed by atoms with E-state index in [1.807, 2.05) is 16.9 Å². The van der Waals surface area contributed by atoms with Crippen LogP contribution in [0.4, 0.5) is 5.82 Å². The number of thioether (sulfide) groups is 1. The number of amides is 1. The average molecular weight is 441 g/mol. The van der Waals surface area contributed by atoms with Crippen LogP contribution in [-0.2, 0) is 6.54 Å². The molecule has 1 N–H and O–H groups in total. The fraction of sp³-hybridized carbons (Fsp3) is 0.455. The summed E-state index contributed by atoms with van der Waals surface area (Å²) in [5, 5.41) is 9.63. The number of aromatic nitrogens is 4. The summed E-state index contributed by atoms with van der Waals surface area (Å²) in [4.78, 5) is 24.4. The van der Waals surface area contributed by atoms with Gasteiger partial charge in [-0.25, -0.2) is 14.6 Å². The molecule has 164 valence electrons. The quantitative estimate of drug-likeness (QED) is 0.425. The normalized spacial score (nSPS) is 13.9. The van der Waals surface area contributed by atoms with Gasteiger partial charge >= 0.3 is 0 Å². The highest BCUT2D eigenvalue weighted by Crippen LogP contribution is 2.30. The lowest BCUT2D eigenvalue weighted by Gasteiger charge is -2.18. The molecule has 1 amide bonds. The molecule has 0 bridgehead atoms. The maximum atomic E-state index is 12.5. The predicted molar refractivity (Wildman–Crippen MR) is 123 cm³/mol. The molecule has 0 unspecified atom stereocenters. The van der Waals surface area contributed by atoms with Gasteiger partial charge in [-0.2, -0.15) is 5.10 Å².